The fourth-order valence-electron chi connectivity index (χ4n) is 0.503. The van der Waals surface area contributed by atoms with Gasteiger partial charge in [0.25, 0.3) is 0 Å². The maximum absolute atomic E-state index is 10.5. The predicted molar refractivity (Wildman–Crippen MR) is 35.3 cm³/mol. The maximum atomic E-state index is 10.5. The highest BCUT2D eigenvalue weighted by Crippen LogP contribution is 1.93. The van der Waals surface area contributed by atoms with Crippen LogP contribution in [-0.4, -0.2) is 10.7 Å². The maximum Gasteiger partial charge on any atom is 0.429 e. The van der Waals surface area contributed by atoms with Gasteiger partial charge in [-0.1, -0.05) is 0 Å². The summed E-state index contributed by atoms with van der Waals surface area (Å²) in [6.07, 6.45) is 2.67. The molecule has 1 heterocycles. The molecule has 4 heteroatoms. The van der Waals surface area contributed by atoms with Crippen molar-refractivity contribution in [2.45, 2.75) is 0 Å². The number of carbonyl (C=O) groups excluding carboxylic acids is 1. The van der Waals surface area contributed by atoms with Crippen molar-refractivity contribution >= 4 is 19.0 Å². The molecule has 1 rings (SSSR count). The van der Waals surface area contributed by atoms with Crippen LogP contribution in [0.5, 0.6) is 0 Å². The number of hydrogen-bond acceptors (Lipinski definition) is 3. The van der Waals surface area contributed by atoms with Crippen LogP contribution in [0, 0.1) is 0 Å². The van der Waals surface area contributed by atoms with Crippen molar-refractivity contribution in [3.63, 3.8) is 0 Å². The van der Waals surface area contributed by atoms with Crippen LogP contribution >= 0.6 is 12.9 Å². The van der Waals surface area contributed by atoms with E-state index in [0.29, 0.717) is 0 Å². The molecule has 1 aromatic heterocycles. The molecule has 0 saturated carbocycles. The quantitative estimate of drug-likeness (QED) is 0.438. The summed E-state index contributed by atoms with van der Waals surface area (Å²) in [6, 6.07) is 3.45. The Morgan fingerprint density at radius 1 is 1.44 bits per heavy atom. The summed E-state index contributed by atoms with van der Waals surface area (Å²) >= 11 is 3.33. The van der Waals surface area contributed by atoms with E-state index in [2.05, 4.69) is 17.1 Å². The van der Waals surface area contributed by atoms with Gasteiger partial charge in [-0.15, -0.1) is 0 Å². The monoisotopic (exact) mass is 143 g/mol. The molecule has 0 N–H and O–H groups in total. The normalized spacial score (nSPS) is 9.00. The molecule has 1 aromatic rings. The minimum atomic E-state index is -0.497. The van der Waals surface area contributed by atoms with Crippen LogP contribution in [0.4, 0.5) is 4.79 Å². The van der Waals surface area contributed by atoms with Crippen molar-refractivity contribution < 1.29 is 8.98 Å². The van der Waals surface area contributed by atoms with Crippen LogP contribution < -0.4 is 0 Å². The highest BCUT2D eigenvalue weighted by atomic mass is 32.1. The number of aromatic nitrogens is 1. The van der Waals surface area contributed by atoms with Crippen molar-refractivity contribution in [2.75, 3.05) is 0 Å². The van der Waals surface area contributed by atoms with E-state index >= 15 is 0 Å². The van der Waals surface area contributed by atoms with Gasteiger partial charge in [0.2, 0.25) is 0 Å². The molecule has 0 bridgehead atoms. The molecule has 0 unspecified atom stereocenters. The second-order valence-corrected chi connectivity index (χ2v) is 1.63. The van der Waals surface area contributed by atoms with Gasteiger partial charge in [0.15, 0.2) is 0 Å². The molecule has 0 radical (unpaired) electrons. The number of nitrogens with zero attached hydrogens (tertiary/aromatic N) is 1. The lowest BCUT2D eigenvalue weighted by molar-refractivity contribution is 0.211. The molecular weight excluding hydrogens is 138 g/mol. The number of hydrogen-bond donors (Lipinski definition) is 1. The second-order valence-electron chi connectivity index (χ2n) is 1.45. The summed E-state index contributed by atoms with van der Waals surface area (Å²) in [4.78, 5) is 10.5. The Morgan fingerprint density at radius 2 is 2.00 bits per heavy atom. The van der Waals surface area contributed by atoms with E-state index in [4.69, 9.17) is 0 Å². The summed E-state index contributed by atoms with van der Waals surface area (Å²) in [5.74, 6) is 0. The standard InChI is InChI=1S/C5H5NO2S/c7-5(8-9)6-3-1-2-4-6/h1-4,9H. The van der Waals surface area contributed by atoms with Crippen molar-refractivity contribution in [3.8, 4) is 0 Å². The molecule has 0 fully saturated rings. The van der Waals surface area contributed by atoms with Gasteiger partial charge in [0, 0.05) is 25.3 Å². The van der Waals surface area contributed by atoms with Crippen molar-refractivity contribution in [1.82, 2.24) is 4.57 Å². The van der Waals surface area contributed by atoms with Gasteiger partial charge >= 0.3 is 6.09 Å². The Kier molecular flexibility index (Phi) is 1.79. The first-order valence-corrected chi connectivity index (χ1v) is 2.70. The molecule has 0 amide bonds. The molecule has 9 heavy (non-hydrogen) atoms. The molecule has 0 aliphatic rings. The Bertz CT molecular complexity index is 195. The fraction of sp³-hybridized carbons (Fsp3) is 0. The Morgan fingerprint density at radius 3 is 2.44 bits per heavy atom. The van der Waals surface area contributed by atoms with Crippen LogP contribution in [-0.2, 0) is 4.18 Å². The van der Waals surface area contributed by atoms with Gasteiger partial charge in [0.05, 0.1) is 0 Å². The third-order valence-electron chi connectivity index (χ3n) is 0.893. The van der Waals surface area contributed by atoms with Gasteiger partial charge in [-0.3, -0.25) is 4.57 Å². The molecule has 0 atom stereocenters. The summed E-state index contributed by atoms with van der Waals surface area (Å²) in [5, 5.41) is 0. The van der Waals surface area contributed by atoms with E-state index in [1.165, 1.54) is 4.57 Å². The summed E-state index contributed by atoms with van der Waals surface area (Å²) in [6.45, 7) is 0. The average molecular weight is 143 g/mol. The largest absolute Gasteiger partial charge is 0.429 e. The minimum Gasteiger partial charge on any atom is -0.378 e. The first-order chi connectivity index (χ1) is 4.34. The van der Waals surface area contributed by atoms with Crippen LogP contribution in [0.15, 0.2) is 24.5 Å². The summed E-state index contributed by atoms with van der Waals surface area (Å²) in [5.41, 5.74) is 0. The third-order valence-corrected chi connectivity index (χ3v) is 1.05. The van der Waals surface area contributed by atoms with Crippen LogP contribution in [0.1, 0.15) is 0 Å². The first kappa shape index (κ1) is 6.22. The van der Waals surface area contributed by atoms with E-state index in [1.807, 2.05) is 0 Å². The molecule has 48 valence electrons. The van der Waals surface area contributed by atoms with Crippen molar-refractivity contribution in [2.24, 2.45) is 0 Å². The van der Waals surface area contributed by atoms with Gasteiger partial charge in [-0.25, -0.2) is 4.79 Å². The topological polar surface area (TPSA) is 31.2 Å². The van der Waals surface area contributed by atoms with Crippen molar-refractivity contribution in [1.29, 1.82) is 0 Å². The summed E-state index contributed by atoms with van der Waals surface area (Å²) < 4.78 is 5.40. The van der Waals surface area contributed by atoms with Crippen molar-refractivity contribution in [3.05, 3.63) is 24.5 Å². The van der Waals surface area contributed by atoms with Gasteiger partial charge in [-0.2, -0.15) is 0 Å². The molecule has 0 aliphatic heterocycles. The average Bonchev–Trinajstić information content (AvgIpc) is 2.37. The summed E-state index contributed by atoms with van der Waals surface area (Å²) in [7, 11) is 0. The SMILES string of the molecule is O=C(OS)n1cccc1. The predicted octanol–water partition coefficient (Wildman–Crippen LogP) is 1.32. The second kappa shape index (κ2) is 2.59. The number of rotatable bonds is 0. The zero-order valence-corrected chi connectivity index (χ0v) is 5.41. The number of carbonyl (C=O) groups is 1. The number of thiol groups is 1. The first-order valence-electron chi connectivity index (χ1n) is 2.33. The fourth-order valence-corrected chi connectivity index (χ4v) is 0.598. The van der Waals surface area contributed by atoms with E-state index in [-0.39, 0.29) is 0 Å². The molecule has 0 aromatic carbocycles. The zero-order valence-electron chi connectivity index (χ0n) is 4.52. The Hall–Kier alpha value is -0.900. The molecule has 0 saturated heterocycles. The highest BCUT2D eigenvalue weighted by Gasteiger charge is 1.98. The van der Waals surface area contributed by atoms with Crippen LogP contribution in [0.3, 0.4) is 0 Å². The van der Waals surface area contributed by atoms with E-state index < -0.39 is 6.09 Å². The molecule has 3 nitrogen and oxygen atoms in total. The lowest BCUT2D eigenvalue weighted by atomic mass is 10.7. The lowest BCUT2D eigenvalue weighted by Gasteiger charge is -1.93. The van der Waals surface area contributed by atoms with Gasteiger partial charge in [0.1, 0.15) is 0 Å². The zero-order chi connectivity index (χ0) is 6.69. The van der Waals surface area contributed by atoms with Gasteiger partial charge in [-0.05, 0) is 12.1 Å². The Labute approximate surface area is 57.9 Å². The molecular formula is C5H5NO2S. The Balaban J connectivity index is 2.77. The van der Waals surface area contributed by atoms with E-state index in [9.17, 15) is 4.79 Å². The van der Waals surface area contributed by atoms with E-state index in [0.717, 1.165) is 0 Å². The minimum absolute atomic E-state index is 0.497. The highest BCUT2D eigenvalue weighted by molar-refractivity contribution is 7.75. The lowest BCUT2D eigenvalue weighted by Crippen LogP contribution is -2.05. The molecule has 0 spiro atoms. The van der Waals surface area contributed by atoms with E-state index in [1.54, 1.807) is 24.5 Å². The van der Waals surface area contributed by atoms with Crippen LogP contribution in [0.25, 0.3) is 0 Å². The third kappa shape index (κ3) is 1.26. The van der Waals surface area contributed by atoms with Gasteiger partial charge < -0.3 is 4.18 Å². The van der Waals surface area contributed by atoms with Crippen LogP contribution in [0.2, 0.25) is 0 Å². The molecule has 0 aliphatic carbocycles. The smallest absolute Gasteiger partial charge is 0.378 e.